The second-order valence-electron chi connectivity index (χ2n) is 4.55. The monoisotopic (exact) mass is 281 g/mol. The van der Waals surface area contributed by atoms with Crippen LogP contribution in [0.5, 0.6) is 0 Å². The molecule has 0 aliphatic heterocycles. The van der Waals surface area contributed by atoms with Crippen LogP contribution >= 0.6 is 11.6 Å². The molecule has 0 aliphatic rings. The van der Waals surface area contributed by atoms with E-state index in [1.54, 1.807) is 6.92 Å². The lowest BCUT2D eigenvalue weighted by atomic mass is 10.1. The molecule has 0 spiro atoms. The van der Waals surface area contributed by atoms with Crippen LogP contribution in [-0.4, -0.2) is 14.3 Å². The molecule has 0 saturated heterocycles. The molecule has 19 heavy (non-hydrogen) atoms. The van der Waals surface area contributed by atoms with Gasteiger partial charge in [-0.15, -0.1) is 0 Å². The van der Waals surface area contributed by atoms with Gasteiger partial charge in [-0.05, 0) is 18.9 Å². The number of halogens is 1. The summed E-state index contributed by atoms with van der Waals surface area (Å²) in [5, 5.41) is 11.0. The van der Waals surface area contributed by atoms with Gasteiger partial charge in [0, 0.05) is 11.8 Å². The molecule has 2 heterocycles. The maximum absolute atomic E-state index is 12.4. The molecule has 0 bridgehead atoms. The highest BCUT2D eigenvalue weighted by Crippen LogP contribution is 2.24. The highest BCUT2D eigenvalue weighted by molar-refractivity contribution is 6.30. The maximum atomic E-state index is 12.4. The lowest BCUT2D eigenvalue weighted by Crippen LogP contribution is -2.23. The molecule has 7 heteroatoms. The van der Waals surface area contributed by atoms with Gasteiger partial charge < -0.3 is 0 Å². The van der Waals surface area contributed by atoms with Crippen LogP contribution in [-0.2, 0) is 0 Å². The van der Waals surface area contributed by atoms with Crippen molar-refractivity contribution in [2.24, 2.45) is 0 Å². The summed E-state index contributed by atoms with van der Waals surface area (Å²) >= 11 is 5.99. The van der Waals surface area contributed by atoms with E-state index in [4.69, 9.17) is 11.6 Å². The molecule has 0 saturated carbocycles. The lowest BCUT2D eigenvalue weighted by Gasteiger charge is -2.11. The minimum atomic E-state index is -0.577. The van der Waals surface area contributed by atoms with Gasteiger partial charge in [0.25, 0.3) is 5.56 Å². The average molecular weight is 282 g/mol. The number of rotatable bonds is 2. The Bertz CT molecular complexity index is 737. The van der Waals surface area contributed by atoms with E-state index in [-0.39, 0.29) is 28.0 Å². The molecule has 2 aromatic rings. The van der Waals surface area contributed by atoms with E-state index in [0.29, 0.717) is 11.3 Å². The number of aromatic nitrogens is 2. The Morgan fingerprint density at radius 3 is 2.58 bits per heavy atom. The minimum Gasteiger partial charge on any atom is -0.268 e. The van der Waals surface area contributed by atoms with Crippen LogP contribution in [0.25, 0.3) is 5.65 Å². The Balaban J connectivity index is 3.03. The van der Waals surface area contributed by atoms with Crippen LogP contribution in [0.2, 0.25) is 5.15 Å². The van der Waals surface area contributed by atoms with E-state index in [0.717, 1.165) is 0 Å². The summed E-state index contributed by atoms with van der Waals surface area (Å²) in [5.41, 5.74) is 0.329. The van der Waals surface area contributed by atoms with Crippen LogP contribution in [0.15, 0.2) is 16.9 Å². The van der Waals surface area contributed by atoms with Crippen molar-refractivity contribution in [3.63, 3.8) is 0 Å². The Morgan fingerprint density at radius 2 is 2.05 bits per heavy atom. The van der Waals surface area contributed by atoms with Crippen molar-refractivity contribution in [2.75, 3.05) is 0 Å². The molecule has 0 radical (unpaired) electrons. The third-order valence-electron chi connectivity index (χ3n) is 2.91. The molecule has 6 nitrogen and oxygen atoms in total. The van der Waals surface area contributed by atoms with Crippen LogP contribution in [0.4, 0.5) is 5.69 Å². The topological polar surface area (TPSA) is 77.5 Å². The van der Waals surface area contributed by atoms with Gasteiger partial charge in [-0.25, -0.2) is 4.98 Å². The van der Waals surface area contributed by atoms with Crippen molar-refractivity contribution in [1.29, 1.82) is 0 Å². The standard InChI is InChI=1S/C12H12ClN3O3/c1-6(2)9-10(13)14-11-8(16(18)19)5-4-7(3)15(11)12(9)17/h4-6H,1-3H3. The zero-order valence-corrected chi connectivity index (χ0v) is 11.4. The fraction of sp³-hybridized carbons (Fsp3) is 0.333. The van der Waals surface area contributed by atoms with Crippen LogP contribution in [0.3, 0.4) is 0 Å². The Labute approximate surface area is 113 Å². The first-order chi connectivity index (χ1) is 8.84. The van der Waals surface area contributed by atoms with Crippen LogP contribution in [0.1, 0.15) is 31.0 Å². The van der Waals surface area contributed by atoms with Crippen molar-refractivity contribution in [2.45, 2.75) is 26.7 Å². The molecule has 0 amide bonds. The first kappa shape index (κ1) is 13.5. The van der Waals surface area contributed by atoms with Crippen molar-refractivity contribution in [1.82, 2.24) is 9.38 Å². The van der Waals surface area contributed by atoms with Gasteiger partial charge in [0.15, 0.2) is 0 Å². The molecule has 0 atom stereocenters. The zero-order valence-electron chi connectivity index (χ0n) is 10.7. The van der Waals surface area contributed by atoms with Gasteiger partial charge in [-0.3, -0.25) is 19.3 Å². The normalized spacial score (nSPS) is 11.2. The predicted octanol–water partition coefficient (Wildman–Crippen LogP) is 2.69. The largest absolute Gasteiger partial charge is 0.312 e. The third kappa shape index (κ3) is 2.08. The lowest BCUT2D eigenvalue weighted by molar-refractivity contribution is -0.383. The molecule has 0 fully saturated rings. The summed E-state index contributed by atoms with van der Waals surface area (Å²) in [6.07, 6.45) is 0. The quantitative estimate of drug-likeness (QED) is 0.482. The van der Waals surface area contributed by atoms with Gasteiger partial charge in [-0.2, -0.15) is 0 Å². The summed E-state index contributed by atoms with van der Waals surface area (Å²) < 4.78 is 1.24. The van der Waals surface area contributed by atoms with Gasteiger partial charge >= 0.3 is 5.69 Å². The first-order valence-corrected chi connectivity index (χ1v) is 6.08. The molecular formula is C12H12ClN3O3. The number of pyridine rings is 1. The second kappa shape index (κ2) is 4.62. The van der Waals surface area contributed by atoms with E-state index < -0.39 is 4.92 Å². The highest BCUT2D eigenvalue weighted by Gasteiger charge is 2.21. The van der Waals surface area contributed by atoms with Gasteiger partial charge in [0.1, 0.15) is 5.15 Å². The third-order valence-corrected chi connectivity index (χ3v) is 3.20. The number of nitro groups is 1. The Hall–Kier alpha value is -1.95. The fourth-order valence-corrected chi connectivity index (χ4v) is 2.36. The molecule has 0 aliphatic carbocycles. The van der Waals surface area contributed by atoms with Gasteiger partial charge in [0.2, 0.25) is 5.65 Å². The summed E-state index contributed by atoms with van der Waals surface area (Å²) in [6, 6.07) is 2.84. The summed E-state index contributed by atoms with van der Waals surface area (Å²) in [5.74, 6) is -0.108. The number of nitrogens with zero attached hydrogens (tertiary/aromatic N) is 3. The molecule has 0 unspecified atom stereocenters. The molecule has 100 valence electrons. The van der Waals surface area contributed by atoms with E-state index in [1.807, 2.05) is 13.8 Å². The summed E-state index contributed by atoms with van der Waals surface area (Å²) in [6.45, 7) is 5.34. The highest BCUT2D eigenvalue weighted by atomic mass is 35.5. The smallest absolute Gasteiger partial charge is 0.268 e. The van der Waals surface area contributed by atoms with Crippen molar-refractivity contribution < 1.29 is 4.92 Å². The fourth-order valence-electron chi connectivity index (χ4n) is 1.98. The van der Waals surface area contributed by atoms with E-state index in [2.05, 4.69) is 4.98 Å². The second-order valence-corrected chi connectivity index (χ2v) is 4.91. The van der Waals surface area contributed by atoms with Crippen molar-refractivity contribution in [3.8, 4) is 0 Å². The SMILES string of the molecule is Cc1ccc([N+](=O)[O-])c2nc(Cl)c(C(C)C)c(=O)n12. The number of hydrogen-bond acceptors (Lipinski definition) is 4. The molecule has 2 rings (SSSR count). The number of aryl methyl sites for hydroxylation is 1. The molecule has 0 aromatic carbocycles. The first-order valence-electron chi connectivity index (χ1n) is 5.70. The van der Waals surface area contributed by atoms with Crippen molar-refractivity contribution in [3.05, 3.63) is 49.0 Å². The van der Waals surface area contributed by atoms with Gasteiger partial charge in [-0.1, -0.05) is 25.4 Å². The Kier molecular flexibility index (Phi) is 3.28. The van der Waals surface area contributed by atoms with E-state index in [1.165, 1.54) is 16.5 Å². The zero-order chi connectivity index (χ0) is 14.3. The van der Waals surface area contributed by atoms with Gasteiger partial charge in [0.05, 0.1) is 10.5 Å². The molecule has 0 N–H and O–H groups in total. The summed E-state index contributed by atoms with van der Waals surface area (Å²) in [4.78, 5) is 26.8. The summed E-state index contributed by atoms with van der Waals surface area (Å²) in [7, 11) is 0. The Morgan fingerprint density at radius 1 is 1.42 bits per heavy atom. The number of hydrogen-bond donors (Lipinski definition) is 0. The van der Waals surface area contributed by atoms with Crippen molar-refractivity contribution >= 4 is 22.9 Å². The van der Waals surface area contributed by atoms with E-state index >= 15 is 0 Å². The average Bonchev–Trinajstić information content (AvgIpc) is 2.27. The number of fused-ring (bicyclic) bond motifs is 1. The minimum absolute atomic E-state index is 0.0219. The predicted molar refractivity (Wildman–Crippen MR) is 72.0 cm³/mol. The molecule has 2 aromatic heterocycles. The maximum Gasteiger partial charge on any atom is 0.312 e. The van der Waals surface area contributed by atoms with E-state index in [9.17, 15) is 14.9 Å². The van der Waals surface area contributed by atoms with Crippen LogP contribution in [0, 0.1) is 17.0 Å². The van der Waals surface area contributed by atoms with Crippen LogP contribution < -0.4 is 5.56 Å². The molecular weight excluding hydrogens is 270 g/mol.